The van der Waals surface area contributed by atoms with E-state index in [0.29, 0.717) is 0 Å². The standard InChI is InChI=1S/C12H14Br2O2/c13-7-12(16-11-5-6-15-8-11)9-1-3-10(14)4-2-9/h1-4,11-12H,5-8H2. The van der Waals surface area contributed by atoms with Gasteiger partial charge in [0, 0.05) is 16.4 Å². The molecule has 0 N–H and O–H groups in total. The summed E-state index contributed by atoms with van der Waals surface area (Å²) >= 11 is 6.93. The average Bonchev–Trinajstić information content (AvgIpc) is 2.80. The van der Waals surface area contributed by atoms with E-state index in [1.54, 1.807) is 0 Å². The molecule has 0 aromatic heterocycles. The highest BCUT2D eigenvalue weighted by Gasteiger charge is 2.21. The van der Waals surface area contributed by atoms with Crippen LogP contribution in [-0.4, -0.2) is 24.6 Å². The van der Waals surface area contributed by atoms with E-state index in [4.69, 9.17) is 9.47 Å². The Bertz CT molecular complexity index is 320. The lowest BCUT2D eigenvalue weighted by molar-refractivity contribution is -0.00466. The molecule has 1 heterocycles. The Hall–Kier alpha value is 0.100. The Balaban J connectivity index is 2.00. The maximum atomic E-state index is 6.00. The first kappa shape index (κ1) is 12.6. The van der Waals surface area contributed by atoms with Crippen molar-refractivity contribution in [1.82, 2.24) is 0 Å². The molecule has 1 saturated heterocycles. The third-order valence-corrected chi connectivity index (χ3v) is 3.74. The van der Waals surface area contributed by atoms with E-state index in [1.807, 2.05) is 12.1 Å². The average molecular weight is 350 g/mol. The predicted molar refractivity (Wildman–Crippen MR) is 71.0 cm³/mol. The lowest BCUT2D eigenvalue weighted by Crippen LogP contribution is -2.17. The second kappa shape index (κ2) is 6.15. The zero-order valence-corrected chi connectivity index (χ0v) is 12.0. The van der Waals surface area contributed by atoms with Crippen molar-refractivity contribution in [3.05, 3.63) is 34.3 Å². The highest BCUT2D eigenvalue weighted by molar-refractivity contribution is 9.10. The van der Waals surface area contributed by atoms with Crippen molar-refractivity contribution >= 4 is 31.9 Å². The van der Waals surface area contributed by atoms with Crippen LogP contribution in [0.1, 0.15) is 18.1 Å². The highest BCUT2D eigenvalue weighted by Crippen LogP contribution is 2.25. The summed E-state index contributed by atoms with van der Waals surface area (Å²) in [5.41, 5.74) is 1.20. The Morgan fingerprint density at radius 3 is 2.69 bits per heavy atom. The van der Waals surface area contributed by atoms with Gasteiger partial charge in [-0.2, -0.15) is 0 Å². The molecule has 0 spiro atoms. The number of rotatable bonds is 4. The van der Waals surface area contributed by atoms with Crippen LogP contribution >= 0.6 is 31.9 Å². The third kappa shape index (κ3) is 3.29. The first-order chi connectivity index (χ1) is 7.79. The van der Waals surface area contributed by atoms with E-state index in [-0.39, 0.29) is 12.2 Å². The van der Waals surface area contributed by atoms with Gasteiger partial charge in [-0.15, -0.1) is 0 Å². The summed E-state index contributed by atoms with van der Waals surface area (Å²) < 4.78 is 12.4. The molecule has 0 amide bonds. The van der Waals surface area contributed by atoms with E-state index in [9.17, 15) is 0 Å². The van der Waals surface area contributed by atoms with Crippen LogP contribution in [0.3, 0.4) is 0 Å². The molecule has 0 saturated carbocycles. The number of hydrogen-bond acceptors (Lipinski definition) is 2. The molecule has 1 fully saturated rings. The monoisotopic (exact) mass is 348 g/mol. The minimum absolute atomic E-state index is 0.111. The molecule has 0 aliphatic carbocycles. The second-order valence-corrected chi connectivity index (χ2v) is 5.38. The smallest absolute Gasteiger partial charge is 0.0926 e. The first-order valence-electron chi connectivity index (χ1n) is 5.34. The molecule has 0 radical (unpaired) electrons. The van der Waals surface area contributed by atoms with Crippen LogP contribution < -0.4 is 0 Å². The molecule has 1 aliphatic heterocycles. The normalized spacial score (nSPS) is 22.2. The van der Waals surface area contributed by atoms with Gasteiger partial charge in [0.2, 0.25) is 0 Å². The molecule has 88 valence electrons. The lowest BCUT2D eigenvalue weighted by atomic mass is 10.1. The molecule has 0 bridgehead atoms. The number of halogens is 2. The topological polar surface area (TPSA) is 18.5 Å². The van der Waals surface area contributed by atoms with E-state index in [1.165, 1.54) is 5.56 Å². The van der Waals surface area contributed by atoms with Crippen molar-refractivity contribution in [3.8, 4) is 0 Å². The number of alkyl halides is 1. The summed E-state index contributed by atoms with van der Waals surface area (Å²) in [6.45, 7) is 1.54. The van der Waals surface area contributed by atoms with Crippen molar-refractivity contribution in [2.45, 2.75) is 18.6 Å². The summed E-state index contributed by atoms with van der Waals surface area (Å²) in [5, 5.41) is 0.811. The number of hydrogen-bond donors (Lipinski definition) is 0. The van der Waals surface area contributed by atoms with Crippen molar-refractivity contribution in [1.29, 1.82) is 0 Å². The van der Waals surface area contributed by atoms with Gasteiger partial charge in [-0.05, 0) is 24.1 Å². The second-order valence-electron chi connectivity index (χ2n) is 3.82. The third-order valence-electron chi connectivity index (χ3n) is 2.63. The summed E-state index contributed by atoms with van der Waals surface area (Å²) in [4.78, 5) is 0. The van der Waals surface area contributed by atoms with Crippen LogP contribution in [0.25, 0.3) is 0 Å². The van der Waals surface area contributed by atoms with E-state index in [2.05, 4.69) is 44.0 Å². The van der Waals surface area contributed by atoms with E-state index < -0.39 is 0 Å². The van der Waals surface area contributed by atoms with Crippen molar-refractivity contribution in [2.75, 3.05) is 18.5 Å². The van der Waals surface area contributed by atoms with Crippen LogP contribution in [0.2, 0.25) is 0 Å². The molecular weight excluding hydrogens is 336 g/mol. The van der Waals surface area contributed by atoms with E-state index >= 15 is 0 Å². The van der Waals surface area contributed by atoms with Crippen molar-refractivity contribution in [3.63, 3.8) is 0 Å². The van der Waals surface area contributed by atoms with Crippen LogP contribution in [0.4, 0.5) is 0 Å². The molecule has 4 heteroatoms. The largest absolute Gasteiger partial charge is 0.379 e. The van der Waals surface area contributed by atoms with Gasteiger partial charge in [-0.25, -0.2) is 0 Å². The van der Waals surface area contributed by atoms with Gasteiger partial charge < -0.3 is 9.47 Å². The van der Waals surface area contributed by atoms with Gasteiger partial charge in [0.1, 0.15) is 0 Å². The maximum Gasteiger partial charge on any atom is 0.0926 e. The quantitative estimate of drug-likeness (QED) is 0.772. The minimum atomic E-state index is 0.111. The molecule has 2 unspecified atom stereocenters. The van der Waals surface area contributed by atoms with Crippen LogP contribution in [0.15, 0.2) is 28.7 Å². The maximum absolute atomic E-state index is 6.00. The summed E-state index contributed by atoms with van der Waals surface area (Å²) in [7, 11) is 0. The molecule has 2 rings (SSSR count). The summed E-state index contributed by atoms with van der Waals surface area (Å²) in [6.07, 6.45) is 1.35. The summed E-state index contributed by atoms with van der Waals surface area (Å²) in [5.74, 6) is 0. The fourth-order valence-corrected chi connectivity index (χ4v) is 2.52. The molecular formula is C12H14Br2O2. The summed E-state index contributed by atoms with van der Waals surface area (Å²) in [6, 6.07) is 8.26. The molecule has 16 heavy (non-hydrogen) atoms. The van der Waals surface area contributed by atoms with Crippen molar-refractivity contribution in [2.24, 2.45) is 0 Å². The van der Waals surface area contributed by atoms with Gasteiger partial charge in [0.25, 0.3) is 0 Å². The Kier molecular flexibility index (Phi) is 4.82. The highest BCUT2D eigenvalue weighted by atomic mass is 79.9. The lowest BCUT2D eigenvalue weighted by Gasteiger charge is -2.19. The number of ether oxygens (including phenoxy) is 2. The van der Waals surface area contributed by atoms with Crippen LogP contribution in [-0.2, 0) is 9.47 Å². The fraction of sp³-hybridized carbons (Fsp3) is 0.500. The molecule has 1 aromatic rings. The van der Waals surface area contributed by atoms with Gasteiger partial charge in [0.05, 0.1) is 18.8 Å². The zero-order valence-electron chi connectivity index (χ0n) is 8.86. The van der Waals surface area contributed by atoms with Crippen molar-refractivity contribution < 1.29 is 9.47 Å². The van der Waals surface area contributed by atoms with E-state index in [0.717, 1.165) is 29.4 Å². The fourth-order valence-electron chi connectivity index (χ4n) is 1.73. The van der Waals surface area contributed by atoms with Crippen LogP contribution in [0.5, 0.6) is 0 Å². The van der Waals surface area contributed by atoms with Gasteiger partial charge >= 0.3 is 0 Å². The Morgan fingerprint density at radius 2 is 2.12 bits per heavy atom. The Morgan fingerprint density at radius 1 is 1.38 bits per heavy atom. The zero-order chi connectivity index (χ0) is 11.4. The molecule has 2 nitrogen and oxygen atoms in total. The first-order valence-corrected chi connectivity index (χ1v) is 7.25. The molecule has 1 aromatic carbocycles. The van der Waals surface area contributed by atoms with Gasteiger partial charge in [-0.3, -0.25) is 0 Å². The van der Waals surface area contributed by atoms with Gasteiger partial charge in [0.15, 0.2) is 0 Å². The molecule has 1 aliphatic rings. The van der Waals surface area contributed by atoms with Crippen LogP contribution in [0, 0.1) is 0 Å². The number of benzene rings is 1. The Labute approximate surface area is 113 Å². The molecule has 2 atom stereocenters. The van der Waals surface area contributed by atoms with Gasteiger partial charge in [-0.1, -0.05) is 44.0 Å². The predicted octanol–water partition coefficient (Wildman–Crippen LogP) is 3.69. The minimum Gasteiger partial charge on any atom is -0.379 e. The SMILES string of the molecule is BrCC(OC1CCOC1)c1ccc(Br)cc1.